The maximum absolute atomic E-state index is 14.1. The fraction of sp³-hybridized carbons (Fsp3) is 0.270. The van der Waals surface area contributed by atoms with E-state index in [-0.39, 0.29) is 152 Å². The normalized spacial score (nSPS) is 11.0. The molecule has 16 nitrogen and oxygen atoms in total. The second-order valence-electron chi connectivity index (χ2n) is 30.3. The predicted octanol–water partition coefficient (Wildman–Crippen LogP) is 21.0. The molecule has 2 heterocycles. The Morgan fingerprint density at radius 3 is 1.21 bits per heavy atom. The van der Waals surface area contributed by atoms with Gasteiger partial charge in [0.1, 0.15) is 34.5 Å². The van der Waals surface area contributed by atoms with Crippen molar-refractivity contribution in [3.05, 3.63) is 327 Å². The monoisotopic (exact) mass is 2310 g/mol. The molecule has 132 heavy (non-hydrogen) atoms. The van der Waals surface area contributed by atoms with Gasteiger partial charge in [0.05, 0.1) is 42.9 Å². The zero-order chi connectivity index (χ0) is 94.9. The number of ether oxygens (including phenoxy) is 2. The van der Waals surface area contributed by atoms with Crippen molar-refractivity contribution in [1.29, 1.82) is 0 Å². The third-order valence-electron chi connectivity index (χ3n) is 19.7. The number of methoxy groups -OCH3 is 1. The van der Waals surface area contributed by atoms with E-state index < -0.39 is 60.0 Å². The molecule has 0 aromatic heterocycles. The van der Waals surface area contributed by atoms with Crippen LogP contribution in [0.4, 0.5) is 17.6 Å². The van der Waals surface area contributed by atoms with Crippen LogP contribution < -0.4 is 65.6 Å². The van der Waals surface area contributed by atoms with Crippen LogP contribution in [0.25, 0.3) is 66.8 Å². The number of ketones is 1. The summed E-state index contributed by atoms with van der Waals surface area (Å²) in [6.45, 7) is 33.5. The summed E-state index contributed by atoms with van der Waals surface area (Å²) in [6.07, 6.45) is -0.0271. The number of Topliss-reactive ketones (excluding diaryl/α,β-unsaturated/α-hetero) is 1. The quantitative estimate of drug-likeness (QED) is 0.0111. The van der Waals surface area contributed by atoms with Gasteiger partial charge in [0, 0.05) is 97.7 Å². The number of phenols is 2. The van der Waals surface area contributed by atoms with E-state index >= 15 is 0 Å². The van der Waals surface area contributed by atoms with Gasteiger partial charge in [0.25, 0.3) is 0 Å². The topological polar surface area (TPSA) is 258 Å². The van der Waals surface area contributed by atoms with Crippen LogP contribution in [0.5, 0.6) is 11.5 Å². The maximum Gasteiger partial charge on any atom is 1.00 e. The third-order valence-corrected chi connectivity index (χ3v) is 29.0. The number of alkyl halides is 3. The maximum atomic E-state index is 14.1. The first-order valence-corrected chi connectivity index (χ1v) is 47.7. The number of carbonyl (C=O) groups is 4. The summed E-state index contributed by atoms with van der Waals surface area (Å²) in [7, 11) is -0.319. The molecule has 0 spiro atoms. The molecule has 0 radical (unpaired) electrons. The van der Waals surface area contributed by atoms with E-state index in [0.29, 0.717) is 66.4 Å². The van der Waals surface area contributed by atoms with E-state index in [1.807, 2.05) is 89.2 Å². The minimum absolute atomic E-state index is 0. The molecule has 0 saturated heterocycles. The summed E-state index contributed by atoms with van der Waals surface area (Å²) < 4.78 is 88.3. The molecule has 2 aliphatic heterocycles. The number of rotatable bonds is 12. The molecule has 0 bridgehead atoms. The van der Waals surface area contributed by atoms with Gasteiger partial charge < -0.3 is 72.7 Å². The van der Waals surface area contributed by atoms with Crippen LogP contribution in [-0.4, -0.2) is 75.8 Å². The summed E-state index contributed by atoms with van der Waals surface area (Å²) in [5.74, 6) is -5.23. The Morgan fingerprint density at radius 1 is 0.508 bits per heavy atom. The number of benzene rings is 11. The fourth-order valence-electron chi connectivity index (χ4n) is 11.8. The number of esters is 2. The fourth-order valence-corrected chi connectivity index (χ4v) is 14.7. The number of aldehydes is 1. The van der Waals surface area contributed by atoms with Crippen molar-refractivity contribution in [3.8, 4) is 56.4 Å². The zero-order valence-electron chi connectivity index (χ0n) is 75.8. The van der Waals surface area contributed by atoms with Gasteiger partial charge in [-0.25, -0.2) is 22.4 Å². The number of aliphatic hydroxyl groups is 3. The average molecular weight is 2320 g/mol. The SMILES string of the molecule is C.C.CC(=O)OCBr.CC(=O)c1ccc(-c2c3cc(F)c(=O)cc-3oc3cc(O)c(F)cc23)c(C)c1.COC(=O)c1ccc(Br)c(C)c1.Cc1cc(C(C)O)ccc1-c1c2cc(F)c(=O)cc-2oc2cc(O)c(F)cc12.Cc1cc(C(C)O)ccc1Br.Cc1cc(C(C)O[Si](C)(C)C(C)(C)C)ccc1Br.Cc1cc(C=O)ccc1Br.Cc1cc(CO)ccc1Br.ClCCl.[Br-].[CH3-].[Li+].[Li+]. The van der Waals surface area contributed by atoms with Crippen molar-refractivity contribution in [2.75, 3.05) is 18.0 Å². The van der Waals surface area contributed by atoms with Crippen molar-refractivity contribution in [3.63, 3.8) is 0 Å². The molecule has 5 N–H and O–H groups in total. The molecule has 3 atom stereocenters. The van der Waals surface area contributed by atoms with Crippen molar-refractivity contribution < 1.29 is 140 Å². The third kappa shape index (κ3) is 36.9. The van der Waals surface area contributed by atoms with Crippen LogP contribution in [0, 0.1) is 79.2 Å². The number of phenolic OH excluding ortho intramolecular Hbond substituents is 2. The molecule has 9 aromatic carbocycles. The van der Waals surface area contributed by atoms with Crippen molar-refractivity contribution >= 4 is 173 Å². The van der Waals surface area contributed by atoms with Crippen LogP contribution in [-0.2, 0) is 25.3 Å². The number of aryl methyl sites for hydroxylation is 7. The zero-order valence-corrected chi connectivity index (χ0v) is 89.4. The van der Waals surface area contributed by atoms with Gasteiger partial charge in [0.15, 0.2) is 48.9 Å². The van der Waals surface area contributed by atoms with Gasteiger partial charge in [-0.3, -0.25) is 24.0 Å². The first-order valence-electron chi connectivity index (χ1n) is 38.7. The summed E-state index contributed by atoms with van der Waals surface area (Å²) >= 11 is 29.4. The standard InChI is InChI=1S/C22H16F2O4.C22H14F2O4.C15H25BrOSi.C9H9BrO2.C9H11BrO.C8H9BrO.C8H7BrO.C3H5BrO2.CH2Cl2.2CH4.CH3.BrH.2Li/c2*1-10-5-12(11(2)25)3-4-13(10)22-14-6-16(23)18(26)8-20(14)28-21-9-19(27)17(24)7-15(21)22;1-11-10-13(8-9-14(11)16)12(2)17-18(6,7)15(3,4)5;1-6-5-7(9(11)12-2)3-4-8(6)10;1-6-5-8(7(2)11)3-4-9(6)10;2*1-6-4-7(5-10)2-3-8(6)9;1-3(5)6-2-4;2-1-3;;;;;;/h3-9,11,25-26H,1-2H3;3-9,26H,1-2H3;8-10,12H,1-7H3;3-5H,1-2H3;3-5,7,11H,1-2H3;2-4,10H,5H2,1H3;2-5H,1H3;2H2,1H3;1H2;2*1H4;1H3;1H;;/q;;;;;;;;;;;-1;;2*+1/p-1. The average Bonchev–Trinajstić information content (AvgIpc) is 0.746. The summed E-state index contributed by atoms with van der Waals surface area (Å²) in [5.41, 5.74) is 14.6. The number of hydrogen-bond donors (Lipinski definition) is 5. The second-order valence-corrected chi connectivity index (χ2v) is 40.6. The number of carbonyl (C=O) groups excluding carboxylic acids is 4. The summed E-state index contributed by atoms with van der Waals surface area (Å²) in [6, 6.07) is 47.9. The molecule has 9 aromatic rings. The van der Waals surface area contributed by atoms with Gasteiger partial charge >= 0.3 is 49.7 Å². The molecule has 13 rings (SSSR count). The predicted molar refractivity (Wildman–Crippen MR) is 539 cm³/mol. The Balaban J connectivity index is 0. The molecule has 0 amide bonds. The first kappa shape index (κ1) is 127. The van der Waals surface area contributed by atoms with Gasteiger partial charge in [-0.1, -0.05) is 188 Å². The van der Waals surface area contributed by atoms with Crippen LogP contribution >= 0.6 is 119 Å². The molecule has 4 aliphatic rings. The largest absolute Gasteiger partial charge is 1.00 e. The van der Waals surface area contributed by atoms with Crippen molar-refractivity contribution in [1.82, 2.24) is 0 Å². The second kappa shape index (κ2) is 59.3. The van der Waals surface area contributed by atoms with Gasteiger partial charge in [-0.15, -0.1) is 23.2 Å². The molecule has 702 valence electrons. The number of aliphatic hydroxyl groups excluding tert-OH is 3. The van der Waals surface area contributed by atoms with Crippen molar-refractivity contribution in [2.45, 2.75) is 162 Å². The van der Waals surface area contributed by atoms with E-state index in [1.165, 1.54) is 32.1 Å². The molecular formula is C100H109Br7Cl2F4Li2O16Si. The number of hydrogen-bond acceptors (Lipinski definition) is 16. The summed E-state index contributed by atoms with van der Waals surface area (Å²) in [5, 5.41) is 48.3. The van der Waals surface area contributed by atoms with Crippen LogP contribution in [0.15, 0.2) is 217 Å². The smallest absolute Gasteiger partial charge is 1.00 e. The number of aromatic hydroxyl groups is 2. The molecule has 0 saturated carbocycles. The van der Waals surface area contributed by atoms with E-state index in [4.69, 9.17) is 41.6 Å². The Kier molecular flexibility index (Phi) is 57.2. The molecule has 0 fully saturated rings. The van der Waals surface area contributed by atoms with Gasteiger partial charge in [0.2, 0.25) is 10.9 Å². The Labute approximate surface area is 867 Å². The van der Waals surface area contributed by atoms with Gasteiger partial charge in [-0.05, 0) is 261 Å². The minimum atomic E-state index is -1.69. The first-order chi connectivity index (χ1) is 59.0. The minimum Gasteiger partial charge on any atom is -1.00 e. The van der Waals surface area contributed by atoms with Crippen LogP contribution in [0.2, 0.25) is 18.1 Å². The Morgan fingerprint density at radius 2 is 0.864 bits per heavy atom. The Hall–Kier alpha value is -6.85. The van der Waals surface area contributed by atoms with E-state index in [0.717, 1.165) is 122 Å². The van der Waals surface area contributed by atoms with Gasteiger partial charge in [-0.2, -0.15) is 0 Å². The van der Waals surface area contributed by atoms with Crippen LogP contribution in [0.1, 0.15) is 181 Å². The van der Waals surface area contributed by atoms with E-state index in [9.17, 15) is 66.8 Å². The number of halogens is 13. The Bertz CT molecular complexity index is 6080. The molecular weight excluding hydrogens is 2210 g/mol. The molecule has 3 unspecified atom stereocenters. The van der Waals surface area contributed by atoms with E-state index in [2.05, 4.69) is 171 Å². The van der Waals surface area contributed by atoms with Crippen LogP contribution in [0.3, 0.4) is 0 Å². The molecule has 32 heteroatoms. The number of fused-ring (bicyclic) bond motifs is 4. The summed E-state index contributed by atoms with van der Waals surface area (Å²) in [4.78, 5) is 66.2. The van der Waals surface area contributed by atoms with Crippen molar-refractivity contribution in [2.24, 2.45) is 0 Å². The van der Waals surface area contributed by atoms with E-state index in [1.54, 1.807) is 75.4 Å². The molecule has 2 aliphatic carbocycles.